The second-order valence-electron chi connectivity index (χ2n) is 5.93. The van der Waals surface area contributed by atoms with Crippen LogP contribution in [0.4, 0.5) is 0 Å². The summed E-state index contributed by atoms with van der Waals surface area (Å²) in [5.74, 6) is 2.53. The lowest BCUT2D eigenvalue weighted by atomic mass is 9.87. The van der Waals surface area contributed by atoms with Gasteiger partial charge in [-0.05, 0) is 31.4 Å². The van der Waals surface area contributed by atoms with Gasteiger partial charge in [-0.25, -0.2) is 0 Å². The van der Waals surface area contributed by atoms with Gasteiger partial charge in [0.2, 0.25) is 0 Å². The Balaban J connectivity index is 2.33. The first-order valence-corrected chi connectivity index (χ1v) is 6.86. The first-order chi connectivity index (χ1) is 6.85. The standard InChI is InChI=1S/C12H25NOS/c1-11(2)6-10(7-15-9-11)13-8-12(3,4)14-5/h10,13H,6-9H2,1-5H3. The van der Waals surface area contributed by atoms with Crippen LogP contribution in [0, 0.1) is 5.41 Å². The Morgan fingerprint density at radius 2 is 2.13 bits per heavy atom. The van der Waals surface area contributed by atoms with Crippen LogP contribution in [-0.2, 0) is 4.74 Å². The van der Waals surface area contributed by atoms with Crippen molar-refractivity contribution in [2.75, 3.05) is 25.2 Å². The fourth-order valence-electron chi connectivity index (χ4n) is 1.86. The van der Waals surface area contributed by atoms with Crippen LogP contribution in [0.2, 0.25) is 0 Å². The van der Waals surface area contributed by atoms with Crippen molar-refractivity contribution in [1.29, 1.82) is 0 Å². The lowest BCUT2D eigenvalue weighted by Gasteiger charge is -2.36. The Kier molecular flexibility index (Phi) is 4.50. The van der Waals surface area contributed by atoms with Crippen LogP contribution in [0.15, 0.2) is 0 Å². The maximum Gasteiger partial charge on any atom is 0.0746 e. The zero-order chi connectivity index (χ0) is 11.5. The largest absolute Gasteiger partial charge is 0.377 e. The van der Waals surface area contributed by atoms with Crippen molar-refractivity contribution in [1.82, 2.24) is 5.32 Å². The van der Waals surface area contributed by atoms with E-state index in [0.29, 0.717) is 11.5 Å². The van der Waals surface area contributed by atoms with Gasteiger partial charge in [0.25, 0.3) is 0 Å². The molecule has 1 saturated heterocycles. The number of methoxy groups -OCH3 is 1. The minimum Gasteiger partial charge on any atom is -0.377 e. The fraction of sp³-hybridized carbons (Fsp3) is 1.00. The van der Waals surface area contributed by atoms with E-state index in [-0.39, 0.29) is 5.60 Å². The van der Waals surface area contributed by atoms with Crippen molar-refractivity contribution in [3.05, 3.63) is 0 Å². The third-order valence-electron chi connectivity index (χ3n) is 2.98. The van der Waals surface area contributed by atoms with Crippen LogP contribution in [-0.4, -0.2) is 36.8 Å². The summed E-state index contributed by atoms with van der Waals surface area (Å²) in [5.41, 5.74) is 0.435. The van der Waals surface area contributed by atoms with E-state index in [2.05, 4.69) is 44.8 Å². The summed E-state index contributed by atoms with van der Waals surface area (Å²) in [5, 5.41) is 3.62. The van der Waals surface area contributed by atoms with E-state index in [1.807, 2.05) is 0 Å². The molecule has 1 aliphatic rings. The quantitative estimate of drug-likeness (QED) is 0.803. The van der Waals surface area contributed by atoms with Gasteiger partial charge in [0.05, 0.1) is 5.60 Å². The Morgan fingerprint density at radius 3 is 2.67 bits per heavy atom. The summed E-state index contributed by atoms with van der Waals surface area (Å²) in [4.78, 5) is 0. The lowest BCUT2D eigenvalue weighted by Crippen LogP contribution is -2.46. The molecular weight excluding hydrogens is 206 g/mol. The van der Waals surface area contributed by atoms with Gasteiger partial charge in [0.15, 0.2) is 0 Å². The zero-order valence-corrected chi connectivity index (χ0v) is 11.5. The van der Waals surface area contributed by atoms with Gasteiger partial charge in [-0.15, -0.1) is 0 Å². The summed E-state index contributed by atoms with van der Waals surface area (Å²) < 4.78 is 5.41. The summed E-state index contributed by atoms with van der Waals surface area (Å²) in [7, 11) is 1.78. The molecule has 1 unspecified atom stereocenters. The molecule has 0 spiro atoms. The number of nitrogens with one attached hydrogen (secondary N) is 1. The van der Waals surface area contributed by atoms with Gasteiger partial charge >= 0.3 is 0 Å². The van der Waals surface area contributed by atoms with Gasteiger partial charge in [-0.1, -0.05) is 13.8 Å². The average Bonchev–Trinajstić information content (AvgIpc) is 2.14. The Labute approximate surface area is 98.5 Å². The molecule has 1 fully saturated rings. The van der Waals surface area contributed by atoms with Gasteiger partial charge in [-0.3, -0.25) is 0 Å². The molecule has 3 heteroatoms. The van der Waals surface area contributed by atoms with Crippen LogP contribution in [0.5, 0.6) is 0 Å². The van der Waals surface area contributed by atoms with Crippen LogP contribution in [0.25, 0.3) is 0 Å². The highest BCUT2D eigenvalue weighted by atomic mass is 32.2. The average molecular weight is 231 g/mol. The molecule has 1 heterocycles. The minimum atomic E-state index is -0.0493. The van der Waals surface area contributed by atoms with Crippen molar-refractivity contribution >= 4 is 11.8 Å². The summed E-state index contributed by atoms with van der Waals surface area (Å²) in [6, 6.07) is 0.646. The maximum atomic E-state index is 5.41. The molecular formula is C12H25NOS. The molecule has 0 aromatic carbocycles. The van der Waals surface area contributed by atoms with Gasteiger partial charge < -0.3 is 10.1 Å². The van der Waals surface area contributed by atoms with Crippen molar-refractivity contribution in [3.8, 4) is 0 Å². The molecule has 0 aliphatic carbocycles. The molecule has 2 nitrogen and oxygen atoms in total. The van der Waals surface area contributed by atoms with Crippen LogP contribution in [0.3, 0.4) is 0 Å². The molecule has 0 aromatic heterocycles. The molecule has 0 bridgehead atoms. The topological polar surface area (TPSA) is 21.3 Å². The first kappa shape index (κ1) is 13.3. The van der Waals surface area contributed by atoms with E-state index in [4.69, 9.17) is 4.74 Å². The molecule has 1 atom stereocenters. The SMILES string of the molecule is COC(C)(C)CNC1CSCC(C)(C)C1. The molecule has 1 aliphatic heterocycles. The van der Waals surface area contributed by atoms with Crippen molar-refractivity contribution in [2.24, 2.45) is 5.41 Å². The predicted molar refractivity (Wildman–Crippen MR) is 68.6 cm³/mol. The molecule has 90 valence electrons. The Hall–Kier alpha value is 0.270. The normalized spacial score (nSPS) is 26.6. The van der Waals surface area contributed by atoms with Crippen LogP contribution in [0.1, 0.15) is 34.1 Å². The number of thioether (sulfide) groups is 1. The highest BCUT2D eigenvalue weighted by Crippen LogP contribution is 2.33. The Bertz CT molecular complexity index is 204. The van der Waals surface area contributed by atoms with Crippen LogP contribution >= 0.6 is 11.8 Å². The van der Waals surface area contributed by atoms with E-state index < -0.39 is 0 Å². The molecule has 0 radical (unpaired) electrons. The van der Waals surface area contributed by atoms with E-state index in [0.717, 1.165) is 6.54 Å². The predicted octanol–water partition coefficient (Wildman–Crippen LogP) is 2.53. The van der Waals surface area contributed by atoms with E-state index in [9.17, 15) is 0 Å². The number of hydrogen-bond donors (Lipinski definition) is 1. The second-order valence-corrected chi connectivity index (χ2v) is 6.96. The number of hydrogen-bond acceptors (Lipinski definition) is 3. The minimum absolute atomic E-state index is 0.0493. The zero-order valence-electron chi connectivity index (χ0n) is 10.7. The van der Waals surface area contributed by atoms with Gasteiger partial charge in [0, 0.05) is 25.4 Å². The monoisotopic (exact) mass is 231 g/mol. The third-order valence-corrected chi connectivity index (χ3v) is 4.60. The molecule has 0 aromatic rings. The lowest BCUT2D eigenvalue weighted by molar-refractivity contribution is 0.0205. The summed E-state index contributed by atoms with van der Waals surface area (Å²) in [6.45, 7) is 9.90. The molecule has 0 amide bonds. The number of rotatable bonds is 4. The third kappa shape index (κ3) is 4.75. The van der Waals surface area contributed by atoms with Crippen LogP contribution < -0.4 is 5.32 Å². The fourth-order valence-corrected chi connectivity index (χ4v) is 3.16. The highest BCUT2D eigenvalue weighted by molar-refractivity contribution is 7.99. The smallest absolute Gasteiger partial charge is 0.0746 e. The van der Waals surface area contributed by atoms with Crippen molar-refractivity contribution in [3.63, 3.8) is 0 Å². The van der Waals surface area contributed by atoms with Crippen molar-refractivity contribution in [2.45, 2.75) is 45.8 Å². The highest BCUT2D eigenvalue weighted by Gasteiger charge is 2.29. The molecule has 15 heavy (non-hydrogen) atoms. The van der Waals surface area contributed by atoms with E-state index in [1.54, 1.807) is 7.11 Å². The summed E-state index contributed by atoms with van der Waals surface area (Å²) >= 11 is 2.06. The van der Waals surface area contributed by atoms with E-state index in [1.165, 1.54) is 17.9 Å². The molecule has 0 saturated carbocycles. The maximum absolute atomic E-state index is 5.41. The van der Waals surface area contributed by atoms with Crippen molar-refractivity contribution < 1.29 is 4.74 Å². The Morgan fingerprint density at radius 1 is 1.47 bits per heavy atom. The second kappa shape index (κ2) is 5.07. The van der Waals surface area contributed by atoms with Gasteiger partial charge in [-0.2, -0.15) is 11.8 Å². The summed E-state index contributed by atoms with van der Waals surface area (Å²) in [6.07, 6.45) is 1.28. The molecule has 1 rings (SSSR count). The van der Waals surface area contributed by atoms with E-state index >= 15 is 0 Å². The number of ether oxygens (including phenoxy) is 1. The van der Waals surface area contributed by atoms with Gasteiger partial charge in [0.1, 0.15) is 0 Å². The first-order valence-electron chi connectivity index (χ1n) is 5.71. The molecule has 1 N–H and O–H groups in total.